The van der Waals surface area contributed by atoms with Gasteiger partial charge in [-0.1, -0.05) is 48.5 Å². The molecule has 2 saturated heterocycles. The second-order valence-corrected chi connectivity index (χ2v) is 11.1. The minimum Gasteiger partial charge on any atom is -0.359 e. The number of pyridine rings is 1. The van der Waals surface area contributed by atoms with Crippen molar-refractivity contribution in [1.29, 1.82) is 0 Å². The smallest absolute Gasteiger partial charge is 0.359 e. The molecule has 2 fully saturated rings. The molecule has 0 N–H and O–H groups in total. The van der Waals surface area contributed by atoms with E-state index in [1.165, 1.54) is 30.5 Å². The molecular weight excluding hydrogens is 525 g/mol. The summed E-state index contributed by atoms with van der Waals surface area (Å²) in [6, 6.07) is 19.1. The summed E-state index contributed by atoms with van der Waals surface area (Å²) in [6.07, 6.45) is 4.41. The molecule has 216 valence electrons. The first-order valence-electron chi connectivity index (χ1n) is 14.4. The van der Waals surface area contributed by atoms with Crippen molar-refractivity contribution in [3.05, 3.63) is 94.7 Å². The normalized spacial score (nSPS) is 18.0. The van der Waals surface area contributed by atoms with Gasteiger partial charge in [0.2, 0.25) is 0 Å². The second kappa shape index (κ2) is 12.9. The number of anilines is 1. The fourth-order valence-corrected chi connectivity index (χ4v) is 5.68. The number of carbonyl (C=O) groups is 1. The number of hydrogen-bond donors (Lipinski definition) is 0. The molecule has 0 radical (unpaired) electrons. The molecule has 0 spiro atoms. The van der Waals surface area contributed by atoms with Crippen molar-refractivity contribution in [1.82, 2.24) is 14.8 Å². The number of amides is 1. The second-order valence-electron chi connectivity index (χ2n) is 11.1. The molecule has 5 nitrogen and oxygen atoms in total. The Morgan fingerprint density at radius 2 is 1.71 bits per heavy atom. The predicted molar refractivity (Wildman–Crippen MR) is 158 cm³/mol. The monoisotopic (exact) mass is 562 g/mol. The Balaban J connectivity index is 1.39. The molecule has 0 bridgehead atoms. The Hall–Kier alpha value is -3.65. The van der Waals surface area contributed by atoms with Gasteiger partial charge in [-0.2, -0.15) is 13.2 Å². The molecule has 3 heterocycles. The Kier molecular flexibility index (Phi) is 9.08. The first-order valence-corrected chi connectivity index (χ1v) is 14.4. The van der Waals surface area contributed by atoms with Gasteiger partial charge in [-0.25, -0.2) is 4.98 Å². The lowest BCUT2D eigenvalue weighted by Crippen LogP contribution is -2.42. The van der Waals surface area contributed by atoms with Gasteiger partial charge in [0.1, 0.15) is 5.82 Å². The minimum atomic E-state index is -4.38. The highest BCUT2D eigenvalue weighted by Crippen LogP contribution is 2.29. The van der Waals surface area contributed by atoms with E-state index in [-0.39, 0.29) is 11.9 Å². The summed E-state index contributed by atoms with van der Waals surface area (Å²) < 4.78 is 38.9. The third-order valence-electron chi connectivity index (χ3n) is 8.04. The zero-order valence-electron chi connectivity index (χ0n) is 23.5. The molecule has 3 aromatic rings. The van der Waals surface area contributed by atoms with Crippen LogP contribution in [0.15, 0.2) is 66.7 Å². The van der Waals surface area contributed by atoms with Crippen LogP contribution in [0.25, 0.3) is 12.2 Å². The van der Waals surface area contributed by atoms with Crippen molar-refractivity contribution >= 4 is 23.9 Å². The van der Waals surface area contributed by atoms with Crippen molar-refractivity contribution in [3.8, 4) is 0 Å². The van der Waals surface area contributed by atoms with Crippen molar-refractivity contribution in [2.45, 2.75) is 44.3 Å². The van der Waals surface area contributed by atoms with E-state index < -0.39 is 11.7 Å². The molecule has 1 atom stereocenters. The SMILES string of the molecule is CN(CCc1ccccc1)c1cc(C(=O)N2CCC[C@H]2CN2CCCC2)cc(/C=C/c2ccc(C(F)(F)F)cc2)n1. The summed E-state index contributed by atoms with van der Waals surface area (Å²) in [5, 5.41) is 0. The van der Waals surface area contributed by atoms with Gasteiger partial charge in [-0.05, 0) is 86.7 Å². The van der Waals surface area contributed by atoms with Gasteiger partial charge in [0.15, 0.2) is 0 Å². The lowest BCUT2D eigenvalue weighted by atomic mass is 10.1. The quantitative estimate of drug-likeness (QED) is 0.293. The highest BCUT2D eigenvalue weighted by molar-refractivity contribution is 5.96. The highest BCUT2D eigenvalue weighted by atomic mass is 19.4. The molecular formula is C33H37F3N4O. The number of alkyl halides is 3. The zero-order valence-corrected chi connectivity index (χ0v) is 23.5. The molecule has 2 aliphatic rings. The minimum absolute atomic E-state index is 0.0102. The van der Waals surface area contributed by atoms with E-state index in [0.29, 0.717) is 22.6 Å². The van der Waals surface area contributed by atoms with Gasteiger partial charge in [-0.15, -0.1) is 0 Å². The number of benzene rings is 2. The molecule has 5 rings (SSSR count). The standard InChI is InChI=1S/C33H37F3N4O/c1-38(21-17-25-8-3-2-4-9-25)31-23-27(32(41)40-20-7-10-30(40)24-39-18-5-6-19-39)22-29(37-31)16-13-26-11-14-28(15-12-26)33(34,35)36/h2-4,8-9,11-16,22-23,30H,5-7,10,17-21,24H2,1H3/b16-13+/t30-/m0/s1. The van der Waals surface area contributed by atoms with Crippen LogP contribution in [0.5, 0.6) is 0 Å². The van der Waals surface area contributed by atoms with E-state index in [0.717, 1.165) is 64.1 Å². The van der Waals surface area contributed by atoms with Crippen LogP contribution in [0, 0.1) is 0 Å². The summed E-state index contributed by atoms with van der Waals surface area (Å²) in [6.45, 7) is 4.58. The topological polar surface area (TPSA) is 39.7 Å². The van der Waals surface area contributed by atoms with Gasteiger partial charge in [0, 0.05) is 38.3 Å². The van der Waals surface area contributed by atoms with Gasteiger partial charge >= 0.3 is 6.18 Å². The molecule has 2 aromatic carbocycles. The average molecular weight is 563 g/mol. The summed E-state index contributed by atoms with van der Waals surface area (Å²) >= 11 is 0. The number of likely N-dealkylation sites (N-methyl/N-ethyl adjacent to an activating group) is 1. The fraction of sp³-hybridized carbons (Fsp3) is 0.394. The Morgan fingerprint density at radius 1 is 0.976 bits per heavy atom. The van der Waals surface area contributed by atoms with Gasteiger partial charge < -0.3 is 14.7 Å². The highest BCUT2D eigenvalue weighted by Gasteiger charge is 2.32. The van der Waals surface area contributed by atoms with Crippen LogP contribution in [0.2, 0.25) is 0 Å². The molecule has 0 saturated carbocycles. The molecule has 8 heteroatoms. The number of halogens is 3. The first-order chi connectivity index (χ1) is 19.8. The zero-order chi connectivity index (χ0) is 28.8. The first kappa shape index (κ1) is 28.9. The molecule has 0 aliphatic carbocycles. The van der Waals surface area contributed by atoms with Gasteiger partial charge in [-0.3, -0.25) is 4.79 Å². The van der Waals surface area contributed by atoms with Crippen LogP contribution in [-0.4, -0.2) is 66.5 Å². The lowest BCUT2D eigenvalue weighted by Gasteiger charge is -2.29. The van der Waals surface area contributed by atoms with E-state index in [2.05, 4.69) is 17.0 Å². The van der Waals surface area contributed by atoms with Crippen molar-refractivity contribution < 1.29 is 18.0 Å². The summed E-state index contributed by atoms with van der Waals surface area (Å²) in [7, 11) is 1.97. The van der Waals surface area contributed by atoms with Crippen molar-refractivity contribution in [2.75, 3.05) is 44.7 Å². The Morgan fingerprint density at radius 3 is 2.41 bits per heavy atom. The number of rotatable bonds is 9. The Labute approximate surface area is 240 Å². The van der Waals surface area contributed by atoms with Crippen LogP contribution >= 0.6 is 0 Å². The van der Waals surface area contributed by atoms with Crippen molar-refractivity contribution in [3.63, 3.8) is 0 Å². The molecule has 0 unspecified atom stereocenters. The maximum Gasteiger partial charge on any atom is 0.416 e. The Bertz CT molecular complexity index is 1330. The summed E-state index contributed by atoms with van der Waals surface area (Å²) in [4.78, 5) is 25.2. The predicted octanol–water partition coefficient (Wildman–Crippen LogP) is 6.65. The largest absolute Gasteiger partial charge is 0.416 e. The molecule has 1 amide bonds. The van der Waals surface area contributed by atoms with E-state index in [4.69, 9.17) is 4.98 Å². The number of likely N-dealkylation sites (tertiary alicyclic amines) is 2. The molecule has 1 aromatic heterocycles. The van der Waals surface area contributed by atoms with Crippen LogP contribution in [0.1, 0.15) is 58.4 Å². The third kappa shape index (κ3) is 7.55. The lowest BCUT2D eigenvalue weighted by molar-refractivity contribution is -0.137. The van der Waals surface area contributed by atoms with Crippen LogP contribution in [0.4, 0.5) is 19.0 Å². The molecule has 2 aliphatic heterocycles. The van der Waals surface area contributed by atoms with Gasteiger partial charge in [0.05, 0.1) is 11.3 Å². The number of nitrogens with zero attached hydrogens (tertiary/aromatic N) is 4. The van der Waals surface area contributed by atoms with E-state index in [9.17, 15) is 18.0 Å². The average Bonchev–Trinajstić information content (AvgIpc) is 3.67. The number of carbonyl (C=O) groups excluding carboxylic acids is 1. The van der Waals surface area contributed by atoms with E-state index in [1.807, 2.05) is 41.1 Å². The maximum absolute atomic E-state index is 13.9. The third-order valence-corrected chi connectivity index (χ3v) is 8.04. The van der Waals surface area contributed by atoms with Crippen molar-refractivity contribution in [2.24, 2.45) is 0 Å². The van der Waals surface area contributed by atoms with Crippen LogP contribution in [0.3, 0.4) is 0 Å². The summed E-state index contributed by atoms with van der Waals surface area (Å²) in [5.41, 5.74) is 2.34. The van der Waals surface area contributed by atoms with E-state index in [1.54, 1.807) is 18.2 Å². The number of hydrogen-bond acceptors (Lipinski definition) is 4. The van der Waals surface area contributed by atoms with Gasteiger partial charge in [0.25, 0.3) is 5.91 Å². The number of aromatic nitrogens is 1. The fourth-order valence-electron chi connectivity index (χ4n) is 5.68. The van der Waals surface area contributed by atoms with E-state index >= 15 is 0 Å². The van der Waals surface area contributed by atoms with Crippen LogP contribution < -0.4 is 4.90 Å². The maximum atomic E-state index is 13.9. The summed E-state index contributed by atoms with van der Waals surface area (Å²) in [5.74, 6) is 0.699. The van der Waals surface area contributed by atoms with Crippen LogP contribution in [-0.2, 0) is 12.6 Å². The molecule has 41 heavy (non-hydrogen) atoms.